The molecule has 0 aliphatic rings. The molecule has 1 amide bonds. The molecule has 0 aromatic heterocycles. The Morgan fingerprint density at radius 3 is 2.65 bits per heavy atom. The molecule has 1 aromatic rings. The molecule has 0 fully saturated rings. The Labute approximate surface area is 120 Å². The second-order valence-electron chi connectivity index (χ2n) is 4.51. The van der Waals surface area contributed by atoms with Gasteiger partial charge in [0.1, 0.15) is 12.4 Å². The minimum absolute atomic E-state index is 0.0628. The van der Waals surface area contributed by atoms with Gasteiger partial charge in [-0.15, -0.1) is 13.0 Å². The van der Waals surface area contributed by atoms with E-state index in [0.717, 1.165) is 5.69 Å². The fourth-order valence-electron chi connectivity index (χ4n) is 1.70. The first kappa shape index (κ1) is 15.8. The molecule has 106 valence electrons. The van der Waals surface area contributed by atoms with Crippen LogP contribution in [0, 0.1) is 12.3 Å². The number of terminal acetylenes is 1. The topological polar surface area (TPSA) is 41.6 Å². The molecule has 0 radical (unpaired) electrons. The number of rotatable bonds is 7. The van der Waals surface area contributed by atoms with Crippen LogP contribution < -0.4 is 10.1 Å². The average molecular weight is 272 g/mol. The Hall–Kier alpha value is -2.25. The second-order valence-corrected chi connectivity index (χ2v) is 4.51. The highest BCUT2D eigenvalue weighted by atomic mass is 16.5. The monoisotopic (exact) mass is 272 g/mol. The first-order chi connectivity index (χ1) is 9.58. The SMILES string of the molecule is C#CCOc1ccc(NC(=O)C(CC=C)N(C)C)cc1. The van der Waals surface area contributed by atoms with Crippen LogP contribution in [0.5, 0.6) is 5.75 Å². The summed E-state index contributed by atoms with van der Waals surface area (Å²) in [5.74, 6) is 3.01. The van der Waals surface area contributed by atoms with E-state index in [0.29, 0.717) is 12.2 Å². The van der Waals surface area contributed by atoms with Gasteiger partial charge in [-0.05, 0) is 44.8 Å². The van der Waals surface area contributed by atoms with Crippen molar-refractivity contribution in [2.45, 2.75) is 12.5 Å². The smallest absolute Gasteiger partial charge is 0.242 e. The van der Waals surface area contributed by atoms with E-state index in [1.54, 1.807) is 30.3 Å². The zero-order valence-electron chi connectivity index (χ0n) is 11.9. The molecule has 20 heavy (non-hydrogen) atoms. The van der Waals surface area contributed by atoms with Crippen LogP contribution in [0.2, 0.25) is 0 Å². The summed E-state index contributed by atoms with van der Waals surface area (Å²) in [4.78, 5) is 14.0. The van der Waals surface area contributed by atoms with Crippen molar-refractivity contribution in [3.05, 3.63) is 36.9 Å². The van der Waals surface area contributed by atoms with Gasteiger partial charge in [-0.2, -0.15) is 0 Å². The maximum atomic E-state index is 12.1. The van der Waals surface area contributed by atoms with Crippen LogP contribution in [0.4, 0.5) is 5.69 Å². The number of hydrogen-bond donors (Lipinski definition) is 1. The van der Waals surface area contributed by atoms with Crippen LogP contribution in [0.25, 0.3) is 0 Å². The minimum atomic E-state index is -0.232. The third-order valence-electron chi connectivity index (χ3n) is 2.76. The molecular weight excluding hydrogens is 252 g/mol. The van der Waals surface area contributed by atoms with Crippen molar-refractivity contribution in [1.29, 1.82) is 0 Å². The molecule has 0 bridgehead atoms. The first-order valence-corrected chi connectivity index (χ1v) is 6.33. The minimum Gasteiger partial charge on any atom is -0.481 e. The van der Waals surface area contributed by atoms with E-state index in [2.05, 4.69) is 17.8 Å². The predicted octanol–water partition coefficient (Wildman–Crippen LogP) is 2.14. The van der Waals surface area contributed by atoms with Crippen LogP contribution >= 0.6 is 0 Å². The number of ether oxygens (including phenoxy) is 1. The molecule has 1 N–H and O–H groups in total. The zero-order chi connectivity index (χ0) is 15.0. The van der Waals surface area contributed by atoms with Gasteiger partial charge in [0.25, 0.3) is 0 Å². The lowest BCUT2D eigenvalue weighted by molar-refractivity contribution is -0.120. The quantitative estimate of drug-likeness (QED) is 0.611. The summed E-state index contributed by atoms with van der Waals surface area (Å²) in [6, 6.07) is 6.87. The van der Waals surface area contributed by atoms with Crippen molar-refractivity contribution in [3.63, 3.8) is 0 Å². The van der Waals surface area contributed by atoms with E-state index >= 15 is 0 Å². The van der Waals surface area contributed by atoms with Gasteiger partial charge in [0.05, 0.1) is 6.04 Å². The zero-order valence-corrected chi connectivity index (χ0v) is 11.9. The fourth-order valence-corrected chi connectivity index (χ4v) is 1.70. The molecule has 4 nitrogen and oxygen atoms in total. The number of anilines is 1. The van der Waals surface area contributed by atoms with Gasteiger partial charge in [-0.1, -0.05) is 12.0 Å². The van der Waals surface area contributed by atoms with E-state index in [1.165, 1.54) is 0 Å². The first-order valence-electron chi connectivity index (χ1n) is 6.33. The molecule has 1 unspecified atom stereocenters. The Kier molecular flexibility index (Phi) is 6.34. The van der Waals surface area contributed by atoms with Crippen molar-refractivity contribution < 1.29 is 9.53 Å². The molecular formula is C16H20N2O2. The van der Waals surface area contributed by atoms with Crippen molar-refractivity contribution in [3.8, 4) is 18.1 Å². The molecule has 1 rings (SSSR count). The summed E-state index contributed by atoms with van der Waals surface area (Å²) in [5, 5.41) is 2.87. The maximum Gasteiger partial charge on any atom is 0.242 e. The number of amides is 1. The van der Waals surface area contributed by atoms with Gasteiger partial charge in [-0.3, -0.25) is 9.69 Å². The summed E-state index contributed by atoms with van der Waals surface area (Å²) >= 11 is 0. The number of carbonyl (C=O) groups is 1. The number of carbonyl (C=O) groups excluding carboxylic acids is 1. The van der Waals surface area contributed by atoms with E-state index in [9.17, 15) is 4.79 Å². The predicted molar refractivity (Wildman–Crippen MR) is 81.7 cm³/mol. The van der Waals surface area contributed by atoms with Crippen LogP contribution in [0.1, 0.15) is 6.42 Å². The molecule has 0 spiro atoms. The molecule has 0 heterocycles. The lowest BCUT2D eigenvalue weighted by atomic mass is 10.1. The third kappa shape index (κ3) is 4.79. The fraction of sp³-hybridized carbons (Fsp3) is 0.312. The lowest BCUT2D eigenvalue weighted by Gasteiger charge is -2.22. The molecule has 4 heteroatoms. The van der Waals surface area contributed by atoms with Crippen molar-refractivity contribution in [2.75, 3.05) is 26.0 Å². The number of benzene rings is 1. The van der Waals surface area contributed by atoms with E-state index in [-0.39, 0.29) is 18.6 Å². The average Bonchev–Trinajstić information content (AvgIpc) is 2.43. The number of nitrogens with one attached hydrogen (secondary N) is 1. The van der Waals surface area contributed by atoms with Gasteiger partial charge in [0, 0.05) is 5.69 Å². The van der Waals surface area contributed by atoms with Crippen LogP contribution in [-0.4, -0.2) is 37.6 Å². The highest BCUT2D eigenvalue weighted by Crippen LogP contribution is 2.16. The van der Waals surface area contributed by atoms with E-state index in [1.807, 2.05) is 19.0 Å². The second kappa shape index (κ2) is 8.03. The molecule has 1 aromatic carbocycles. The van der Waals surface area contributed by atoms with Crippen molar-refractivity contribution in [1.82, 2.24) is 4.90 Å². The van der Waals surface area contributed by atoms with Gasteiger partial charge in [0.15, 0.2) is 0 Å². The van der Waals surface area contributed by atoms with Gasteiger partial charge >= 0.3 is 0 Å². The molecule has 0 aliphatic carbocycles. The van der Waals surface area contributed by atoms with E-state index in [4.69, 9.17) is 11.2 Å². The Morgan fingerprint density at radius 1 is 1.50 bits per heavy atom. The highest BCUT2D eigenvalue weighted by Gasteiger charge is 2.19. The Bertz CT molecular complexity index is 486. The van der Waals surface area contributed by atoms with Crippen molar-refractivity contribution in [2.24, 2.45) is 0 Å². The number of nitrogens with zero attached hydrogens (tertiary/aromatic N) is 1. The van der Waals surface area contributed by atoms with Crippen LogP contribution in [0.3, 0.4) is 0 Å². The Balaban J connectivity index is 2.65. The summed E-state index contributed by atoms with van der Waals surface area (Å²) in [5.41, 5.74) is 0.721. The van der Waals surface area contributed by atoms with Gasteiger partial charge in [-0.25, -0.2) is 0 Å². The number of hydrogen-bond acceptors (Lipinski definition) is 3. The summed E-state index contributed by atoms with van der Waals surface area (Å²) in [6.45, 7) is 3.90. The maximum absolute atomic E-state index is 12.1. The summed E-state index contributed by atoms with van der Waals surface area (Å²) < 4.78 is 5.27. The van der Waals surface area contributed by atoms with Gasteiger partial charge < -0.3 is 10.1 Å². The molecule has 0 aliphatic heterocycles. The molecule has 0 saturated carbocycles. The summed E-state index contributed by atoms with van der Waals surface area (Å²) in [7, 11) is 3.73. The summed E-state index contributed by atoms with van der Waals surface area (Å²) in [6.07, 6.45) is 7.45. The molecule has 0 saturated heterocycles. The van der Waals surface area contributed by atoms with E-state index < -0.39 is 0 Å². The third-order valence-corrected chi connectivity index (χ3v) is 2.76. The van der Waals surface area contributed by atoms with Crippen LogP contribution in [0.15, 0.2) is 36.9 Å². The lowest BCUT2D eigenvalue weighted by Crippen LogP contribution is -2.39. The molecule has 1 atom stereocenters. The largest absolute Gasteiger partial charge is 0.481 e. The standard InChI is InChI=1S/C16H20N2O2/c1-5-7-15(18(3)4)16(19)17-13-8-10-14(11-9-13)20-12-6-2/h2,5,8-11,15H,1,7,12H2,3-4H3,(H,17,19). The van der Waals surface area contributed by atoms with Gasteiger partial charge in [0.2, 0.25) is 5.91 Å². The Morgan fingerprint density at radius 2 is 2.15 bits per heavy atom. The number of likely N-dealkylation sites (N-methyl/N-ethyl adjacent to an activating group) is 1. The highest BCUT2D eigenvalue weighted by molar-refractivity contribution is 5.94. The normalized spacial score (nSPS) is 11.5. The van der Waals surface area contributed by atoms with Crippen molar-refractivity contribution >= 4 is 11.6 Å². The van der Waals surface area contributed by atoms with Crippen LogP contribution in [-0.2, 0) is 4.79 Å².